The minimum absolute atomic E-state index is 0.00883. The van der Waals surface area contributed by atoms with Crippen LogP contribution in [-0.2, 0) is 14.3 Å². The zero-order valence-corrected chi connectivity index (χ0v) is 16.2. The van der Waals surface area contributed by atoms with Gasteiger partial charge in [0.15, 0.2) is 0 Å². The van der Waals surface area contributed by atoms with Gasteiger partial charge in [0, 0.05) is 17.3 Å². The Hall–Kier alpha value is -3.00. The number of hydrazone groups is 1. The second kappa shape index (κ2) is 10.2. The van der Waals surface area contributed by atoms with E-state index in [1.807, 2.05) is 12.1 Å². The van der Waals surface area contributed by atoms with Gasteiger partial charge in [0.1, 0.15) is 0 Å². The van der Waals surface area contributed by atoms with Crippen LogP contribution < -0.4 is 10.7 Å². The predicted octanol–water partition coefficient (Wildman–Crippen LogP) is 3.10. The third kappa shape index (κ3) is 6.67. The molecule has 8 heteroatoms. The molecule has 2 N–H and O–H groups in total. The molecular formula is C19H18BrN3O4. The molecule has 0 atom stereocenters. The molecule has 0 bridgehead atoms. The van der Waals surface area contributed by atoms with Crippen LogP contribution in [0, 0.1) is 0 Å². The lowest BCUT2D eigenvalue weighted by molar-refractivity contribution is -0.124. The van der Waals surface area contributed by atoms with Crippen molar-refractivity contribution < 1.29 is 19.1 Å². The van der Waals surface area contributed by atoms with E-state index in [2.05, 4.69) is 36.5 Å². The second-order valence-electron chi connectivity index (χ2n) is 5.43. The first-order valence-electron chi connectivity index (χ1n) is 8.04. The summed E-state index contributed by atoms with van der Waals surface area (Å²) in [4.78, 5) is 35.0. The Labute approximate surface area is 164 Å². The number of nitrogens with one attached hydrogen (secondary N) is 2. The standard InChI is InChI=1S/C19H18BrN3O4/c1-27-19(26)14-8-6-13(7-9-14)12-21-23-18(25)11-10-17(24)22-16-5-3-2-4-15(16)20/h2-9,12H,10-11H2,1H3,(H,22,24)(H,23,25)/b21-12+. The molecule has 0 aliphatic heterocycles. The third-order valence-corrected chi connectivity index (χ3v) is 4.15. The summed E-state index contributed by atoms with van der Waals surface area (Å²) in [6.07, 6.45) is 1.49. The number of hydrogen-bond acceptors (Lipinski definition) is 5. The quantitative estimate of drug-likeness (QED) is 0.399. The minimum atomic E-state index is -0.424. The molecule has 0 saturated heterocycles. The fourth-order valence-corrected chi connectivity index (χ4v) is 2.44. The molecule has 0 saturated carbocycles. The highest BCUT2D eigenvalue weighted by Crippen LogP contribution is 2.21. The van der Waals surface area contributed by atoms with Crippen LogP contribution in [0.3, 0.4) is 0 Å². The first-order valence-corrected chi connectivity index (χ1v) is 8.83. The maximum absolute atomic E-state index is 11.9. The van der Waals surface area contributed by atoms with Gasteiger partial charge < -0.3 is 10.1 Å². The van der Waals surface area contributed by atoms with E-state index in [1.54, 1.807) is 36.4 Å². The topological polar surface area (TPSA) is 96.9 Å². The summed E-state index contributed by atoms with van der Waals surface area (Å²) in [5.41, 5.74) is 4.14. The number of carbonyl (C=O) groups excluding carboxylic acids is 3. The molecule has 2 aromatic carbocycles. The summed E-state index contributed by atoms with van der Waals surface area (Å²) in [6, 6.07) is 13.8. The highest BCUT2D eigenvalue weighted by atomic mass is 79.9. The summed E-state index contributed by atoms with van der Waals surface area (Å²) >= 11 is 3.34. The van der Waals surface area contributed by atoms with Gasteiger partial charge in [0.05, 0.1) is 24.6 Å². The molecule has 0 aromatic heterocycles. The number of rotatable bonds is 7. The number of anilines is 1. The van der Waals surface area contributed by atoms with E-state index in [0.29, 0.717) is 16.8 Å². The predicted molar refractivity (Wildman–Crippen MR) is 106 cm³/mol. The lowest BCUT2D eigenvalue weighted by Gasteiger charge is -2.06. The van der Waals surface area contributed by atoms with Crippen molar-refractivity contribution in [3.05, 3.63) is 64.1 Å². The van der Waals surface area contributed by atoms with Gasteiger partial charge in [0.2, 0.25) is 11.8 Å². The highest BCUT2D eigenvalue weighted by molar-refractivity contribution is 9.10. The lowest BCUT2D eigenvalue weighted by Crippen LogP contribution is -2.20. The number of methoxy groups -OCH3 is 1. The number of halogens is 1. The summed E-state index contributed by atoms with van der Waals surface area (Å²) in [5, 5.41) is 6.56. The van der Waals surface area contributed by atoms with E-state index in [4.69, 9.17) is 0 Å². The normalized spacial score (nSPS) is 10.4. The second-order valence-corrected chi connectivity index (χ2v) is 6.29. The van der Waals surface area contributed by atoms with Gasteiger partial charge in [-0.2, -0.15) is 5.10 Å². The molecule has 140 valence electrons. The molecule has 0 heterocycles. The van der Waals surface area contributed by atoms with E-state index < -0.39 is 5.97 Å². The van der Waals surface area contributed by atoms with E-state index >= 15 is 0 Å². The Kier molecular flexibility index (Phi) is 7.69. The Morgan fingerprint density at radius 2 is 1.70 bits per heavy atom. The monoisotopic (exact) mass is 431 g/mol. The number of nitrogens with zero attached hydrogens (tertiary/aromatic N) is 1. The molecule has 27 heavy (non-hydrogen) atoms. The first kappa shape index (κ1) is 20.3. The van der Waals surface area contributed by atoms with Gasteiger partial charge in [-0.25, -0.2) is 10.2 Å². The van der Waals surface area contributed by atoms with Gasteiger partial charge in [0.25, 0.3) is 0 Å². The molecule has 0 fully saturated rings. The molecular weight excluding hydrogens is 414 g/mol. The zero-order chi connectivity index (χ0) is 19.6. The van der Waals surface area contributed by atoms with Crippen LogP contribution in [0.4, 0.5) is 5.69 Å². The molecule has 2 rings (SSSR count). The SMILES string of the molecule is COC(=O)c1ccc(/C=N/NC(=O)CCC(=O)Nc2ccccc2Br)cc1. The molecule has 0 spiro atoms. The van der Waals surface area contributed by atoms with Crippen molar-refractivity contribution in [2.75, 3.05) is 12.4 Å². The number of esters is 1. The van der Waals surface area contributed by atoms with Crippen LogP contribution in [0.2, 0.25) is 0 Å². The Morgan fingerprint density at radius 3 is 2.37 bits per heavy atom. The van der Waals surface area contributed by atoms with Crippen molar-refractivity contribution in [3.63, 3.8) is 0 Å². The van der Waals surface area contributed by atoms with Crippen molar-refractivity contribution in [1.82, 2.24) is 5.43 Å². The fourth-order valence-electron chi connectivity index (χ4n) is 2.06. The third-order valence-electron chi connectivity index (χ3n) is 3.46. The van der Waals surface area contributed by atoms with Crippen LogP contribution in [0.15, 0.2) is 58.1 Å². The van der Waals surface area contributed by atoms with E-state index in [0.717, 1.165) is 4.47 Å². The van der Waals surface area contributed by atoms with Gasteiger partial charge in [-0.3, -0.25) is 9.59 Å². The van der Waals surface area contributed by atoms with Gasteiger partial charge in [-0.15, -0.1) is 0 Å². The van der Waals surface area contributed by atoms with Gasteiger partial charge in [-0.1, -0.05) is 24.3 Å². The van der Waals surface area contributed by atoms with Crippen molar-refractivity contribution >= 4 is 45.6 Å². The lowest BCUT2D eigenvalue weighted by atomic mass is 10.1. The molecule has 2 amide bonds. The van der Waals surface area contributed by atoms with Crippen LogP contribution >= 0.6 is 15.9 Å². The summed E-state index contributed by atoms with van der Waals surface area (Å²) in [5.74, 6) is -1.06. The average Bonchev–Trinajstić information content (AvgIpc) is 2.68. The largest absolute Gasteiger partial charge is 0.465 e. The molecule has 2 aromatic rings. The van der Waals surface area contributed by atoms with Crippen LogP contribution in [0.5, 0.6) is 0 Å². The van der Waals surface area contributed by atoms with E-state index in [1.165, 1.54) is 13.3 Å². The number of para-hydroxylation sites is 1. The highest BCUT2D eigenvalue weighted by Gasteiger charge is 2.08. The number of ether oxygens (including phenoxy) is 1. The zero-order valence-electron chi connectivity index (χ0n) is 14.6. The minimum Gasteiger partial charge on any atom is -0.465 e. The van der Waals surface area contributed by atoms with Gasteiger partial charge >= 0.3 is 5.97 Å². The van der Waals surface area contributed by atoms with E-state index in [9.17, 15) is 14.4 Å². The van der Waals surface area contributed by atoms with Crippen molar-refractivity contribution in [2.24, 2.45) is 5.10 Å². The summed E-state index contributed by atoms with van der Waals surface area (Å²) < 4.78 is 5.38. The van der Waals surface area contributed by atoms with Crippen molar-refractivity contribution in [1.29, 1.82) is 0 Å². The summed E-state index contributed by atoms with van der Waals surface area (Å²) in [7, 11) is 1.31. The number of benzene rings is 2. The van der Waals surface area contributed by atoms with Crippen LogP contribution in [0.1, 0.15) is 28.8 Å². The van der Waals surface area contributed by atoms with E-state index in [-0.39, 0.29) is 24.7 Å². The Bertz CT molecular complexity index is 850. The van der Waals surface area contributed by atoms with Crippen molar-refractivity contribution in [3.8, 4) is 0 Å². The van der Waals surface area contributed by atoms with Gasteiger partial charge in [-0.05, 0) is 45.8 Å². The Morgan fingerprint density at radius 1 is 1.04 bits per heavy atom. The van der Waals surface area contributed by atoms with Crippen LogP contribution in [0.25, 0.3) is 0 Å². The number of hydrogen-bond donors (Lipinski definition) is 2. The molecule has 7 nitrogen and oxygen atoms in total. The molecule has 0 radical (unpaired) electrons. The molecule has 0 aliphatic carbocycles. The molecule has 0 unspecified atom stereocenters. The van der Waals surface area contributed by atoms with Crippen LogP contribution in [-0.4, -0.2) is 31.1 Å². The fraction of sp³-hybridized carbons (Fsp3) is 0.158. The molecule has 0 aliphatic rings. The Balaban J connectivity index is 1.75. The smallest absolute Gasteiger partial charge is 0.337 e. The number of amides is 2. The maximum atomic E-state index is 11.9. The maximum Gasteiger partial charge on any atom is 0.337 e. The average molecular weight is 432 g/mol. The number of carbonyl (C=O) groups is 3. The summed E-state index contributed by atoms with van der Waals surface area (Å²) in [6.45, 7) is 0. The first-order chi connectivity index (χ1) is 13.0. The van der Waals surface area contributed by atoms with Crippen molar-refractivity contribution in [2.45, 2.75) is 12.8 Å².